The Balaban J connectivity index is 1.94. The lowest BCUT2D eigenvalue weighted by Gasteiger charge is -2.08. The summed E-state index contributed by atoms with van der Waals surface area (Å²) < 4.78 is 5.54. The molecule has 0 radical (unpaired) electrons. The molecule has 0 fully saturated rings. The fourth-order valence-corrected chi connectivity index (χ4v) is 2.09. The molecule has 0 unspecified atom stereocenters. The van der Waals surface area contributed by atoms with Crippen molar-refractivity contribution < 1.29 is 19.2 Å². The van der Waals surface area contributed by atoms with E-state index in [1.54, 1.807) is 24.3 Å². The molecule has 23 heavy (non-hydrogen) atoms. The quantitative estimate of drug-likeness (QED) is 0.489. The Morgan fingerprint density at radius 3 is 2.61 bits per heavy atom. The third kappa shape index (κ3) is 4.62. The number of benzene rings is 2. The van der Waals surface area contributed by atoms with Gasteiger partial charge in [0, 0.05) is 16.6 Å². The molecule has 2 aromatic rings. The highest BCUT2D eigenvalue weighted by Gasteiger charge is 2.14. The van der Waals surface area contributed by atoms with E-state index in [1.165, 1.54) is 18.2 Å². The fourth-order valence-electron chi connectivity index (χ4n) is 1.71. The van der Waals surface area contributed by atoms with Crippen molar-refractivity contribution in [2.45, 2.75) is 0 Å². The first-order valence-electron chi connectivity index (χ1n) is 6.43. The minimum absolute atomic E-state index is 0.00731. The van der Waals surface area contributed by atoms with Gasteiger partial charge in [-0.2, -0.15) is 0 Å². The molecule has 0 spiro atoms. The first kappa shape index (κ1) is 16.6. The molecule has 1 N–H and O–H groups in total. The average molecular weight is 379 g/mol. The number of non-ortho nitro benzene ring substituents is 1. The minimum Gasteiger partial charge on any atom is -0.452 e. The SMILES string of the molecule is O=C(COC(=O)c1cccc([N+](=O)[O-])c1)Nc1ccccc1Br. The molecule has 8 heteroatoms. The van der Waals surface area contributed by atoms with Gasteiger partial charge >= 0.3 is 5.97 Å². The molecular formula is C15H11BrN2O5. The number of ether oxygens (including phenoxy) is 1. The van der Waals surface area contributed by atoms with Gasteiger partial charge < -0.3 is 10.1 Å². The third-order valence-electron chi connectivity index (χ3n) is 2.77. The van der Waals surface area contributed by atoms with Gasteiger partial charge in [-0.3, -0.25) is 14.9 Å². The van der Waals surface area contributed by atoms with Crippen LogP contribution in [-0.4, -0.2) is 23.4 Å². The van der Waals surface area contributed by atoms with Crippen molar-refractivity contribution in [3.63, 3.8) is 0 Å². The van der Waals surface area contributed by atoms with Crippen LogP contribution < -0.4 is 5.32 Å². The summed E-state index contributed by atoms with van der Waals surface area (Å²) in [6, 6.07) is 12.1. The molecule has 0 bridgehead atoms. The van der Waals surface area contributed by atoms with E-state index < -0.39 is 23.4 Å². The number of nitrogens with zero attached hydrogens (tertiary/aromatic N) is 1. The van der Waals surface area contributed by atoms with Gasteiger partial charge in [-0.25, -0.2) is 4.79 Å². The lowest BCUT2D eigenvalue weighted by molar-refractivity contribution is -0.384. The van der Waals surface area contributed by atoms with E-state index in [2.05, 4.69) is 21.2 Å². The third-order valence-corrected chi connectivity index (χ3v) is 3.47. The molecule has 0 aliphatic heterocycles. The monoisotopic (exact) mass is 378 g/mol. The predicted molar refractivity (Wildman–Crippen MR) is 86.2 cm³/mol. The Morgan fingerprint density at radius 1 is 1.17 bits per heavy atom. The normalized spacial score (nSPS) is 9.96. The van der Waals surface area contributed by atoms with E-state index in [0.717, 1.165) is 6.07 Å². The molecule has 118 valence electrons. The number of anilines is 1. The first-order chi connectivity index (χ1) is 11.0. The van der Waals surface area contributed by atoms with Crippen LogP contribution in [0.25, 0.3) is 0 Å². The van der Waals surface area contributed by atoms with E-state index in [1.807, 2.05) is 0 Å². The van der Waals surface area contributed by atoms with Gasteiger partial charge in [0.05, 0.1) is 16.2 Å². The molecule has 0 saturated heterocycles. The Labute approximate surface area is 139 Å². The van der Waals surface area contributed by atoms with Crippen LogP contribution in [0.3, 0.4) is 0 Å². The Kier molecular flexibility index (Phi) is 5.42. The Hall–Kier alpha value is -2.74. The molecule has 1 amide bonds. The zero-order valence-electron chi connectivity index (χ0n) is 11.7. The van der Waals surface area contributed by atoms with E-state index >= 15 is 0 Å². The molecular weight excluding hydrogens is 368 g/mol. The number of hydrogen-bond donors (Lipinski definition) is 1. The Bertz CT molecular complexity index is 763. The average Bonchev–Trinajstić information content (AvgIpc) is 2.55. The highest BCUT2D eigenvalue weighted by Crippen LogP contribution is 2.21. The van der Waals surface area contributed by atoms with Crippen molar-refractivity contribution >= 4 is 39.2 Å². The van der Waals surface area contributed by atoms with Gasteiger partial charge in [-0.15, -0.1) is 0 Å². The van der Waals surface area contributed by atoms with Crippen molar-refractivity contribution in [1.82, 2.24) is 0 Å². The summed E-state index contributed by atoms with van der Waals surface area (Å²) in [6.45, 7) is -0.497. The number of carbonyl (C=O) groups is 2. The number of nitro groups is 1. The molecule has 0 aromatic heterocycles. The number of hydrogen-bond acceptors (Lipinski definition) is 5. The number of para-hydroxylation sites is 1. The van der Waals surface area contributed by atoms with Gasteiger partial charge in [-0.05, 0) is 34.1 Å². The zero-order chi connectivity index (χ0) is 16.8. The van der Waals surface area contributed by atoms with Gasteiger partial charge in [0.2, 0.25) is 0 Å². The largest absolute Gasteiger partial charge is 0.452 e. The van der Waals surface area contributed by atoms with Crippen LogP contribution in [-0.2, 0) is 9.53 Å². The molecule has 2 aromatic carbocycles. The van der Waals surface area contributed by atoms with Crippen molar-refractivity contribution in [2.24, 2.45) is 0 Å². The number of nitrogens with one attached hydrogen (secondary N) is 1. The van der Waals surface area contributed by atoms with Crippen LogP contribution in [0, 0.1) is 10.1 Å². The van der Waals surface area contributed by atoms with Crippen molar-refractivity contribution in [2.75, 3.05) is 11.9 Å². The minimum atomic E-state index is -0.809. The number of amides is 1. The summed E-state index contributed by atoms with van der Waals surface area (Å²) in [5, 5.41) is 13.2. The van der Waals surface area contributed by atoms with Gasteiger partial charge in [0.1, 0.15) is 0 Å². The summed E-state index contributed by atoms with van der Waals surface area (Å²) >= 11 is 3.28. The summed E-state index contributed by atoms with van der Waals surface area (Å²) in [7, 11) is 0. The second kappa shape index (κ2) is 7.50. The molecule has 0 atom stereocenters. The number of carbonyl (C=O) groups excluding carboxylic acids is 2. The van der Waals surface area contributed by atoms with E-state index in [9.17, 15) is 19.7 Å². The fraction of sp³-hybridized carbons (Fsp3) is 0.0667. The van der Waals surface area contributed by atoms with Gasteiger partial charge in [-0.1, -0.05) is 18.2 Å². The van der Waals surface area contributed by atoms with E-state index in [-0.39, 0.29) is 11.3 Å². The van der Waals surface area contributed by atoms with Crippen molar-refractivity contribution in [3.8, 4) is 0 Å². The second-order valence-electron chi connectivity index (χ2n) is 4.41. The molecule has 7 nitrogen and oxygen atoms in total. The summed E-state index contributed by atoms with van der Waals surface area (Å²) in [4.78, 5) is 33.6. The van der Waals surface area contributed by atoms with Crippen LogP contribution in [0.5, 0.6) is 0 Å². The highest BCUT2D eigenvalue weighted by atomic mass is 79.9. The van der Waals surface area contributed by atoms with Crippen LogP contribution in [0.1, 0.15) is 10.4 Å². The van der Waals surface area contributed by atoms with Crippen molar-refractivity contribution in [1.29, 1.82) is 0 Å². The van der Waals surface area contributed by atoms with E-state index in [0.29, 0.717) is 10.2 Å². The lowest BCUT2D eigenvalue weighted by atomic mass is 10.2. The smallest absolute Gasteiger partial charge is 0.338 e. The van der Waals surface area contributed by atoms with Crippen molar-refractivity contribution in [3.05, 3.63) is 68.7 Å². The number of rotatable bonds is 5. The molecule has 0 aliphatic rings. The standard InChI is InChI=1S/C15H11BrN2O5/c16-12-6-1-2-7-13(12)17-14(19)9-23-15(20)10-4-3-5-11(8-10)18(21)22/h1-8H,9H2,(H,17,19). The summed E-state index contributed by atoms with van der Waals surface area (Å²) in [5.74, 6) is -1.33. The summed E-state index contributed by atoms with van der Waals surface area (Å²) in [5.41, 5.74) is 0.328. The molecule has 2 rings (SSSR count). The number of halogens is 1. The van der Waals surface area contributed by atoms with Crippen LogP contribution in [0.2, 0.25) is 0 Å². The molecule has 0 aliphatic carbocycles. The zero-order valence-corrected chi connectivity index (χ0v) is 13.3. The maximum Gasteiger partial charge on any atom is 0.338 e. The summed E-state index contributed by atoms with van der Waals surface area (Å²) in [6.07, 6.45) is 0. The van der Waals surface area contributed by atoms with Crippen LogP contribution in [0.4, 0.5) is 11.4 Å². The van der Waals surface area contributed by atoms with Crippen LogP contribution in [0.15, 0.2) is 53.0 Å². The predicted octanol–water partition coefficient (Wildman–Crippen LogP) is 3.15. The topological polar surface area (TPSA) is 98.5 Å². The van der Waals surface area contributed by atoms with Crippen LogP contribution >= 0.6 is 15.9 Å². The second-order valence-corrected chi connectivity index (χ2v) is 5.27. The first-order valence-corrected chi connectivity index (χ1v) is 7.22. The van der Waals surface area contributed by atoms with E-state index in [4.69, 9.17) is 4.74 Å². The molecule has 0 heterocycles. The maximum absolute atomic E-state index is 11.8. The maximum atomic E-state index is 11.8. The Morgan fingerprint density at radius 2 is 1.91 bits per heavy atom. The lowest BCUT2D eigenvalue weighted by Crippen LogP contribution is -2.21. The molecule has 0 saturated carbocycles. The number of esters is 1. The highest BCUT2D eigenvalue weighted by molar-refractivity contribution is 9.10. The van der Waals surface area contributed by atoms with Gasteiger partial charge in [0.15, 0.2) is 6.61 Å². The number of nitro benzene ring substituents is 1. The van der Waals surface area contributed by atoms with Gasteiger partial charge in [0.25, 0.3) is 11.6 Å².